The average Bonchev–Trinajstić information content (AvgIpc) is 2.63. The number of carboxylic acid groups (broad SMARTS) is 1. The number of piperidine rings is 1. The lowest BCUT2D eigenvalue weighted by Gasteiger charge is -2.31. The topological polar surface area (TPSA) is 69.6 Å². The monoisotopic (exact) mass is 356 g/mol. The number of carbonyl (C=O) groups excluding carboxylic acids is 1. The van der Waals surface area contributed by atoms with Gasteiger partial charge >= 0.3 is 5.97 Å². The first-order valence-corrected chi connectivity index (χ1v) is 8.62. The molecule has 3 rings (SSSR count). The molecule has 0 saturated carbocycles. The van der Waals surface area contributed by atoms with Gasteiger partial charge in [-0.15, -0.1) is 0 Å². The number of carboxylic acids is 1. The zero-order valence-corrected chi connectivity index (χ0v) is 14.3. The standard InChI is InChI=1S/C20H21FN2O3/c21-17-3-1-2-16(12-17)14-4-6-15(7-5-14)20(26)22-18-8-10-23(11-9-18)13-19(24)25/h1-7,12,18H,8-11,13H2,(H,22,26)(H,24,25). The maximum Gasteiger partial charge on any atom is 0.317 e. The molecule has 1 amide bonds. The minimum atomic E-state index is -0.828. The van der Waals surface area contributed by atoms with Gasteiger partial charge in [-0.2, -0.15) is 0 Å². The maximum atomic E-state index is 13.3. The van der Waals surface area contributed by atoms with Gasteiger partial charge in [-0.1, -0.05) is 24.3 Å². The van der Waals surface area contributed by atoms with Gasteiger partial charge in [0.25, 0.3) is 5.91 Å². The van der Waals surface area contributed by atoms with Crippen molar-refractivity contribution in [1.82, 2.24) is 10.2 Å². The van der Waals surface area contributed by atoms with Crippen LogP contribution in [0.3, 0.4) is 0 Å². The number of hydrogen-bond donors (Lipinski definition) is 2. The lowest BCUT2D eigenvalue weighted by Crippen LogP contribution is -2.45. The fourth-order valence-corrected chi connectivity index (χ4v) is 3.18. The Labute approximate surface area is 151 Å². The van der Waals surface area contributed by atoms with Gasteiger partial charge in [0.2, 0.25) is 0 Å². The number of likely N-dealkylation sites (tertiary alicyclic amines) is 1. The number of carbonyl (C=O) groups is 2. The highest BCUT2D eigenvalue weighted by atomic mass is 19.1. The molecule has 26 heavy (non-hydrogen) atoms. The van der Waals surface area contributed by atoms with E-state index in [0.717, 1.165) is 24.0 Å². The van der Waals surface area contributed by atoms with Crippen LogP contribution in [0.1, 0.15) is 23.2 Å². The Kier molecular flexibility index (Phi) is 5.63. The number of aliphatic carboxylic acids is 1. The van der Waals surface area contributed by atoms with Crippen molar-refractivity contribution in [3.05, 3.63) is 59.9 Å². The van der Waals surface area contributed by atoms with Gasteiger partial charge < -0.3 is 10.4 Å². The summed E-state index contributed by atoms with van der Waals surface area (Å²) in [6.07, 6.45) is 1.47. The zero-order valence-electron chi connectivity index (χ0n) is 14.3. The Hall–Kier alpha value is -2.73. The highest BCUT2D eigenvalue weighted by Gasteiger charge is 2.22. The van der Waals surface area contributed by atoms with Crippen LogP contribution in [0.25, 0.3) is 11.1 Å². The van der Waals surface area contributed by atoms with E-state index in [1.807, 2.05) is 11.0 Å². The molecule has 1 aliphatic heterocycles. The number of amides is 1. The van der Waals surface area contributed by atoms with Gasteiger partial charge in [-0.3, -0.25) is 14.5 Å². The van der Waals surface area contributed by atoms with Gasteiger partial charge in [-0.05, 0) is 48.2 Å². The highest BCUT2D eigenvalue weighted by Crippen LogP contribution is 2.21. The molecule has 1 aliphatic rings. The number of rotatable bonds is 5. The van der Waals surface area contributed by atoms with E-state index in [0.29, 0.717) is 18.7 Å². The molecule has 5 nitrogen and oxygen atoms in total. The van der Waals surface area contributed by atoms with Crippen LogP contribution < -0.4 is 5.32 Å². The van der Waals surface area contributed by atoms with Gasteiger partial charge in [0, 0.05) is 24.7 Å². The average molecular weight is 356 g/mol. The van der Waals surface area contributed by atoms with Crippen LogP contribution in [0.4, 0.5) is 4.39 Å². The van der Waals surface area contributed by atoms with Crippen molar-refractivity contribution in [2.75, 3.05) is 19.6 Å². The van der Waals surface area contributed by atoms with Crippen molar-refractivity contribution in [2.24, 2.45) is 0 Å². The molecule has 2 aromatic rings. The first kappa shape index (κ1) is 18.1. The molecule has 0 atom stereocenters. The summed E-state index contributed by atoms with van der Waals surface area (Å²) in [5.41, 5.74) is 2.17. The maximum absolute atomic E-state index is 13.3. The smallest absolute Gasteiger partial charge is 0.317 e. The summed E-state index contributed by atoms with van der Waals surface area (Å²) < 4.78 is 13.3. The minimum absolute atomic E-state index is 0.0439. The third kappa shape index (κ3) is 4.67. The van der Waals surface area contributed by atoms with Crippen molar-refractivity contribution in [3.8, 4) is 11.1 Å². The van der Waals surface area contributed by atoms with E-state index in [1.54, 1.807) is 30.3 Å². The molecule has 0 radical (unpaired) electrons. The molecule has 1 saturated heterocycles. The zero-order chi connectivity index (χ0) is 18.5. The van der Waals surface area contributed by atoms with Gasteiger partial charge in [0.1, 0.15) is 5.82 Å². The van der Waals surface area contributed by atoms with E-state index in [2.05, 4.69) is 5.32 Å². The van der Waals surface area contributed by atoms with Crippen molar-refractivity contribution >= 4 is 11.9 Å². The summed E-state index contributed by atoms with van der Waals surface area (Å²) in [5.74, 6) is -1.27. The number of halogens is 1. The lowest BCUT2D eigenvalue weighted by atomic mass is 10.0. The van der Waals surface area contributed by atoms with Crippen LogP contribution >= 0.6 is 0 Å². The Balaban J connectivity index is 1.56. The minimum Gasteiger partial charge on any atom is -0.480 e. The second-order valence-electron chi connectivity index (χ2n) is 6.51. The number of nitrogens with one attached hydrogen (secondary N) is 1. The largest absolute Gasteiger partial charge is 0.480 e. The molecule has 2 aromatic carbocycles. The van der Waals surface area contributed by atoms with Crippen LogP contribution in [-0.4, -0.2) is 47.6 Å². The predicted octanol–water partition coefficient (Wildman–Crippen LogP) is 2.77. The van der Waals surface area contributed by atoms with Crippen molar-refractivity contribution in [3.63, 3.8) is 0 Å². The highest BCUT2D eigenvalue weighted by molar-refractivity contribution is 5.94. The second-order valence-corrected chi connectivity index (χ2v) is 6.51. The van der Waals surface area contributed by atoms with E-state index in [9.17, 15) is 14.0 Å². The molecule has 1 fully saturated rings. The van der Waals surface area contributed by atoms with Crippen molar-refractivity contribution < 1.29 is 19.1 Å². The predicted molar refractivity (Wildman–Crippen MR) is 96.4 cm³/mol. The van der Waals surface area contributed by atoms with E-state index in [1.165, 1.54) is 12.1 Å². The molecule has 2 N–H and O–H groups in total. The summed E-state index contributed by atoms with van der Waals surface area (Å²) in [6, 6.07) is 13.5. The molecule has 0 unspecified atom stereocenters. The van der Waals surface area contributed by atoms with Crippen molar-refractivity contribution in [2.45, 2.75) is 18.9 Å². The molecule has 0 aliphatic carbocycles. The van der Waals surface area contributed by atoms with E-state index < -0.39 is 5.97 Å². The summed E-state index contributed by atoms with van der Waals surface area (Å²) >= 11 is 0. The number of benzene rings is 2. The van der Waals surface area contributed by atoms with Crippen LogP contribution in [0.2, 0.25) is 0 Å². The van der Waals surface area contributed by atoms with Crippen LogP contribution in [-0.2, 0) is 4.79 Å². The van der Waals surface area contributed by atoms with Crippen LogP contribution in [0, 0.1) is 5.82 Å². The van der Waals surface area contributed by atoms with Crippen LogP contribution in [0.5, 0.6) is 0 Å². The molecule has 136 valence electrons. The molecular weight excluding hydrogens is 335 g/mol. The second kappa shape index (κ2) is 8.10. The molecular formula is C20H21FN2O3. The first-order chi connectivity index (χ1) is 12.5. The fraction of sp³-hybridized carbons (Fsp3) is 0.300. The molecule has 6 heteroatoms. The molecule has 0 aromatic heterocycles. The third-order valence-electron chi connectivity index (χ3n) is 4.59. The summed E-state index contributed by atoms with van der Waals surface area (Å²) in [4.78, 5) is 25.0. The fourth-order valence-electron chi connectivity index (χ4n) is 3.18. The Morgan fingerprint density at radius 3 is 2.38 bits per heavy atom. The number of nitrogens with zero attached hydrogens (tertiary/aromatic N) is 1. The van der Waals surface area contributed by atoms with Crippen molar-refractivity contribution in [1.29, 1.82) is 0 Å². The quantitative estimate of drug-likeness (QED) is 0.864. The normalized spacial score (nSPS) is 15.6. The van der Waals surface area contributed by atoms with E-state index >= 15 is 0 Å². The Morgan fingerprint density at radius 1 is 1.08 bits per heavy atom. The van der Waals surface area contributed by atoms with E-state index in [4.69, 9.17) is 5.11 Å². The van der Waals surface area contributed by atoms with Gasteiger partial charge in [0.05, 0.1) is 6.54 Å². The van der Waals surface area contributed by atoms with E-state index in [-0.39, 0.29) is 24.3 Å². The molecule has 0 spiro atoms. The SMILES string of the molecule is O=C(O)CN1CCC(NC(=O)c2ccc(-c3cccc(F)c3)cc2)CC1. The lowest BCUT2D eigenvalue weighted by molar-refractivity contribution is -0.138. The van der Waals surface area contributed by atoms with Gasteiger partial charge in [0.15, 0.2) is 0 Å². The number of hydrogen-bond acceptors (Lipinski definition) is 3. The molecule has 1 heterocycles. The Bertz CT molecular complexity index is 784. The summed E-state index contributed by atoms with van der Waals surface area (Å²) in [5, 5.41) is 11.8. The van der Waals surface area contributed by atoms with Gasteiger partial charge in [-0.25, -0.2) is 4.39 Å². The first-order valence-electron chi connectivity index (χ1n) is 8.62. The summed E-state index contributed by atoms with van der Waals surface area (Å²) in [6.45, 7) is 1.37. The molecule has 0 bridgehead atoms. The summed E-state index contributed by atoms with van der Waals surface area (Å²) in [7, 11) is 0. The van der Waals surface area contributed by atoms with Crippen LogP contribution in [0.15, 0.2) is 48.5 Å². The third-order valence-corrected chi connectivity index (χ3v) is 4.59. The Morgan fingerprint density at radius 2 is 1.77 bits per heavy atom.